The van der Waals surface area contributed by atoms with Crippen molar-refractivity contribution in [3.63, 3.8) is 0 Å². The molecule has 2 aromatic heterocycles. The number of nitrogens with zero attached hydrogens (tertiary/aromatic N) is 3. The van der Waals surface area contributed by atoms with Crippen LogP contribution in [0.15, 0.2) is 22.9 Å². The van der Waals surface area contributed by atoms with E-state index in [9.17, 15) is 4.79 Å². The van der Waals surface area contributed by atoms with Gasteiger partial charge in [-0.25, -0.2) is 9.50 Å². The van der Waals surface area contributed by atoms with E-state index in [0.717, 1.165) is 0 Å². The van der Waals surface area contributed by atoms with Gasteiger partial charge < -0.3 is 0 Å². The first kappa shape index (κ1) is 8.65. The normalized spacial score (nSPS) is 10.6. The fourth-order valence-corrected chi connectivity index (χ4v) is 1.77. The minimum absolute atomic E-state index is 0.181. The van der Waals surface area contributed by atoms with Gasteiger partial charge in [-0.2, -0.15) is 5.10 Å². The van der Waals surface area contributed by atoms with Crippen molar-refractivity contribution in [2.45, 2.75) is 0 Å². The molecule has 0 bridgehead atoms. The predicted octanol–water partition coefficient (Wildman–Crippen LogP) is 1.87. The highest BCUT2D eigenvalue weighted by atomic mass is 79.9. The Morgan fingerprint density at radius 3 is 3.00 bits per heavy atom. The van der Waals surface area contributed by atoms with Crippen LogP contribution >= 0.6 is 27.5 Å². The number of carbonyl (C=O) groups is 1. The Morgan fingerprint density at radius 1 is 1.62 bits per heavy atom. The summed E-state index contributed by atoms with van der Waals surface area (Å²) >= 11 is 8.51. The molecule has 0 aliphatic heterocycles. The smallest absolute Gasteiger partial charge is 0.273 e. The van der Waals surface area contributed by atoms with Gasteiger partial charge in [-0.15, -0.1) is 0 Å². The Hall–Kier alpha value is -0.940. The van der Waals surface area contributed by atoms with Gasteiger partial charge in [-0.3, -0.25) is 4.79 Å². The molecule has 4 nitrogen and oxygen atoms in total. The van der Waals surface area contributed by atoms with Gasteiger partial charge >= 0.3 is 0 Å². The van der Waals surface area contributed by atoms with E-state index >= 15 is 0 Å². The molecule has 6 heteroatoms. The maximum absolute atomic E-state index is 10.9. The van der Waals surface area contributed by atoms with Crippen molar-refractivity contribution < 1.29 is 4.79 Å². The average Bonchev–Trinajstić information content (AvgIpc) is 2.45. The number of fused-ring (bicyclic) bond motifs is 1. The third kappa shape index (κ3) is 1.34. The molecule has 0 aromatic carbocycles. The molecule has 13 heavy (non-hydrogen) atoms. The second-order valence-corrected chi connectivity index (χ2v) is 3.46. The molecule has 0 aliphatic carbocycles. The van der Waals surface area contributed by atoms with Crippen LogP contribution in [-0.4, -0.2) is 19.8 Å². The van der Waals surface area contributed by atoms with Gasteiger partial charge in [0.05, 0.1) is 4.47 Å². The largest absolute Gasteiger partial charge is 0.274 e. The highest BCUT2D eigenvalue weighted by Crippen LogP contribution is 2.21. The summed E-state index contributed by atoms with van der Waals surface area (Å²) in [6.07, 6.45) is 3.31. The van der Waals surface area contributed by atoms with Crippen LogP contribution in [0.4, 0.5) is 0 Å². The van der Waals surface area contributed by atoms with Crippen molar-refractivity contribution in [1.29, 1.82) is 0 Å². The van der Waals surface area contributed by atoms with Gasteiger partial charge in [0.2, 0.25) is 0 Å². The van der Waals surface area contributed by atoms with Crippen LogP contribution in [0.3, 0.4) is 0 Å². The summed E-state index contributed by atoms with van der Waals surface area (Å²) in [7, 11) is 0. The lowest BCUT2D eigenvalue weighted by atomic mass is 10.5. The van der Waals surface area contributed by atoms with Gasteiger partial charge in [0.1, 0.15) is 0 Å². The molecule has 0 saturated carbocycles. The summed E-state index contributed by atoms with van der Waals surface area (Å²) in [5.74, 6) is 0. The maximum Gasteiger partial charge on any atom is 0.273 e. The van der Waals surface area contributed by atoms with E-state index in [-0.39, 0.29) is 5.69 Å². The molecule has 2 heterocycles. The van der Waals surface area contributed by atoms with E-state index in [1.54, 1.807) is 18.5 Å². The quantitative estimate of drug-likeness (QED) is 0.736. The fourth-order valence-electron chi connectivity index (χ4n) is 0.984. The molecule has 0 radical (unpaired) electrons. The summed E-state index contributed by atoms with van der Waals surface area (Å²) < 4.78 is 2.01. The lowest BCUT2D eigenvalue weighted by molar-refractivity contribution is 0.107. The van der Waals surface area contributed by atoms with Gasteiger partial charge in [0, 0.05) is 12.4 Å². The van der Waals surface area contributed by atoms with Crippen molar-refractivity contribution in [2.24, 2.45) is 0 Å². The first-order valence-electron chi connectivity index (χ1n) is 3.39. The molecule has 0 spiro atoms. The van der Waals surface area contributed by atoms with Gasteiger partial charge in [0.15, 0.2) is 11.3 Å². The zero-order valence-electron chi connectivity index (χ0n) is 6.24. The minimum Gasteiger partial charge on any atom is -0.274 e. The Labute approximate surface area is 86.7 Å². The van der Waals surface area contributed by atoms with Crippen molar-refractivity contribution >= 4 is 38.4 Å². The van der Waals surface area contributed by atoms with Crippen LogP contribution in [0.1, 0.15) is 10.5 Å². The van der Waals surface area contributed by atoms with Crippen LogP contribution in [0.5, 0.6) is 0 Å². The van der Waals surface area contributed by atoms with Crippen LogP contribution in [0.2, 0.25) is 0 Å². The SMILES string of the molecule is O=C(Cl)c1nn2cccnc2c1Br. The molecule has 0 aliphatic rings. The van der Waals surface area contributed by atoms with Gasteiger partial charge in [-0.1, -0.05) is 0 Å². The lowest BCUT2D eigenvalue weighted by Gasteiger charge is -1.87. The third-order valence-electron chi connectivity index (χ3n) is 1.53. The van der Waals surface area contributed by atoms with E-state index in [1.807, 2.05) is 0 Å². The molecule has 0 fully saturated rings. The highest BCUT2D eigenvalue weighted by Gasteiger charge is 2.15. The summed E-state index contributed by atoms with van der Waals surface area (Å²) in [5, 5.41) is 3.34. The van der Waals surface area contributed by atoms with E-state index in [0.29, 0.717) is 10.1 Å². The third-order valence-corrected chi connectivity index (χ3v) is 2.43. The van der Waals surface area contributed by atoms with Crippen LogP contribution in [-0.2, 0) is 0 Å². The molecule has 66 valence electrons. The van der Waals surface area contributed by atoms with E-state index < -0.39 is 5.24 Å². The standard InChI is InChI=1S/C7H3BrClN3O/c8-4-5(6(9)13)11-12-3-1-2-10-7(4)12/h1-3H. The number of rotatable bonds is 1. The molecular weight excluding hydrogens is 257 g/mol. The minimum atomic E-state index is -0.600. The van der Waals surface area contributed by atoms with E-state index in [4.69, 9.17) is 11.6 Å². The topological polar surface area (TPSA) is 47.3 Å². The predicted molar refractivity (Wildman–Crippen MR) is 50.9 cm³/mol. The number of hydrogen-bond acceptors (Lipinski definition) is 3. The zero-order chi connectivity index (χ0) is 9.42. The molecule has 0 atom stereocenters. The maximum atomic E-state index is 10.9. The van der Waals surface area contributed by atoms with Crippen LogP contribution < -0.4 is 0 Å². The number of halogens is 2. The van der Waals surface area contributed by atoms with E-state index in [2.05, 4.69) is 26.0 Å². The Balaban J connectivity index is 2.81. The first-order valence-corrected chi connectivity index (χ1v) is 4.56. The first-order chi connectivity index (χ1) is 6.20. The fraction of sp³-hybridized carbons (Fsp3) is 0. The number of hydrogen-bond donors (Lipinski definition) is 0. The molecule has 0 N–H and O–H groups in total. The monoisotopic (exact) mass is 259 g/mol. The van der Waals surface area contributed by atoms with Gasteiger partial charge in [-0.05, 0) is 33.6 Å². The Bertz CT molecular complexity index is 482. The summed E-state index contributed by atoms with van der Waals surface area (Å²) in [6.45, 7) is 0. The number of aromatic nitrogens is 3. The van der Waals surface area contributed by atoms with Crippen molar-refractivity contribution in [2.75, 3.05) is 0 Å². The van der Waals surface area contributed by atoms with E-state index in [1.165, 1.54) is 4.52 Å². The van der Waals surface area contributed by atoms with Crippen molar-refractivity contribution in [3.05, 3.63) is 28.6 Å². The molecule has 2 rings (SSSR count). The lowest BCUT2D eigenvalue weighted by Crippen LogP contribution is -1.91. The summed E-state index contributed by atoms with van der Waals surface area (Å²) in [4.78, 5) is 14.9. The summed E-state index contributed by atoms with van der Waals surface area (Å²) in [5.41, 5.74) is 0.756. The number of carbonyl (C=O) groups excluding carboxylic acids is 1. The second-order valence-electron chi connectivity index (χ2n) is 2.32. The molecule has 0 unspecified atom stereocenters. The average molecular weight is 260 g/mol. The van der Waals surface area contributed by atoms with Crippen LogP contribution in [0.25, 0.3) is 5.65 Å². The Kier molecular flexibility index (Phi) is 2.05. The second kappa shape index (κ2) is 3.08. The molecule has 2 aromatic rings. The molecule has 0 amide bonds. The zero-order valence-corrected chi connectivity index (χ0v) is 8.58. The van der Waals surface area contributed by atoms with Crippen LogP contribution in [0, 0.1) is 0 Å². The van der Waals surface area contributed by atoms with Gasteiger partial charge in [0.25, 0.3) is 5.24 Å². The Morgan fingerprint density at radius 2 is 2.38 bits per heavy atom. The molecule has 0 saturated heterocycles. The summed E-state index contributed by atoms with van der Waals surface area (Å²) in [6, 6.07) is 1.72. The van der Waals surface area contributed by atoms with Crippen molar-refractivity contribution in [3.8, 4) is 0 Å². The van der Waals surface area contributed by atoms with Crippen molar-refractivity contribution in [1.82, 2.24) is 14.6 Å². The molecular formula is C7H3BrClN3O. The highest BCUT2D eigenvalue weighted by molar-refractivity contribution is 9.10.